The van der Waals surface area contributed by atoms with E-state index in [9.17, 15) is 4.39 Å². The Labute approximate surface area is 144 Å². The van der Waals surface area contributed by atoms with Crippen molar-refractivity contribution in [1.29, 1.82) is 0 Å². The maximum Gasteiger partial charge on any atom is 0.185 e. The Balaban J connectivity index is 0.00000176. The number of hydrogen-bond donors (Lipinski definition) is 0. The van der Waals surface area contributed by atoms with E-state index in [4.69, 9.17) is 4.74 Å². The van der Waals surface area contributed by atoms with Crippen molar-refractivity contribution in [2.45, 2.75) is 0 Å². The molecule has 1 aliphatic rings. The normalized spacial score (nSPS) is 15.5. The lowest BCUT2D eigenvalue weighted by molar-refractivity contribution is 0.313. The molecule has 0 atom stereocenters. The molecule has 1 aromatic carbocycles. The van der Waals surface area contributed by atoms with Crippen molar-refractivity contribution in [1.82, 2.24) is 9.88 Å². The second kappa shape index (κ2) is 7.39. The zero-order valence-corrected chi connectivity index (χ0v) is 15.1. The van der Waals surface area contributed by atoms with Gasteiger partial charge in [0.05, 0.1) is 12.8 Å². The average Bonchev–Trinajstić information content (AvgIpc) is 2.97. The monoisotopic (exact) mass is 387 g/mol. The van der Waals surface area contributed by atoms with Crippen LogP contribution in [0.5, 0.6) is 5.75 Å². The third-order valence-corrected chi connectivity index (χ3v) is 4.60. The lowest BCUT2D eigenvalue weighted by atomic mass is 10.1. The SMILES string of the molecule is Br.COc1ccc(F)cc1-c1csc(N2CCN(C)CC2)n1. The minimum absolute atomic E-state index is 0. The number of benzene rings is 1. The van der Waals surface area contributed by atoms with E-state index in [1.165, 1.54) is 12.1 Å². The van der Waals surface area contributed by atoms with Gasteiger partial charge in [-0.05, 0) is 25.2 Å². The average molecular weight is 388 g/mol. The molecule has 2 heterocycles. The maximum atomic E-state index is 13.5. The summed E-state index contributed by atoms with van der Waals surface area (Å²) in [6, 6.07) is 4.51. The van der Waals surface area contributed by atoms with Crippen molar-refractivity contribution in [2.24, 2.45) is 0 Å². The van der Waals surface area contributed by atoms with Gasteiger partial charge in [-0.2, -0.15) is 0 Å². The Morgan fingerprint density at radius 2 is 1.95 bits per heavy atom. The molecule has 0 spiro atoms. The number of aromatic nitrogens is 1. The van der Waals surface area contributed by atoms with Crippen LogP contribution in [0.1, 0.15) is 0 Å². The van der Waals surface area contributed by atoms with Crippen molar-refractivity contribution in [3.05, 3.63) is 29.4 Å². The molecule has 0 N–H and O–H groups in total. The molecule has 0 radical (unpaired) electrons. The van der Waals surface area contributed by atoms with Crippen LogP contribution in [0.25, 0.3) is 11.3 Å². The highest BCUT2D eigenvalue weighted by Gasteiger charge is 2.18. The first-order valence-corrected chi connectivity index (χ1v) is 7.78. The molecular formula is C15H19BrFN3OS. The van der Waals surface area contributed by atoms with Crippen LogP contribution in [0.15, 0.2) is 23.6 Å². The molecule has 0 saturated carbocycles. The highest BCUT2D eigenvalue weighted by atomic mass is 79.9. The number of thiazole rings is 1. The molecule has 2 aromatic rings. The van der Waals surface area contributed by atoms with Gasteiger partial charge in [-0.1, -0.05) is 0 Å². The van der Waals surface area contributed by atoms with Crippen LogP contribution >= 0.6 is 28.3 Å². The van der Waals surface area contributed by atoms with E-state index in [-0.39, 0.29) is 22.8 Å². The van der Waals surface area contributed by atoms with Crippen LogP contribution in [0.3, 0.4) is 0 Å². The quantitative estimate of drug-likeness (QED) is 0.807. The Morgan fingerprint density at radius 1 is 1.23 bits per heavy atom. The maximum absolute atomic E-state index is 13.5. The van der Waals surface area contributed by atoms with E-state index >= 15 is 0 Å². The fourth-order valence-electron chi connectivity index (χ4n) is 2.41. The molecule has 120 valence electrons. The van der Waals surface area contributed by atoms with E-state index < -0.39 is 0 Å². The minimum atomic E-state index is -0.278. The van der Waals surface area contributed by atoms with Crippen molar-refractivity contribution in [3.63, 3.8) is 0 Å². The van der Waals surface area contributed by atoms with Gasteiger partial charge in [0.1, 0.15) is 11.6 Å². The Hall–Kier alpha value is -1.18. The standard InChI is InChI=1S/C15H18FN3OS.BrH/c1-18-5-7-19(8-6-18)15-17-13(10-21-15)12-9-11(16)3-4-14(12)20-2;/h3-4,9-10H,5-8H2,1-2H3;1H. The van der Waals surface area contributed by atoms with E-state index in [0.29, 0.717) is 11.3 Å². The molecule has 1 saturated heterocycles. The van der Waals surface area contributed by atoms with Crippen molar-refractivity contribution < 1.29 is 9.13 Å². The van der Waals surface area contributed by atoms with Gasteiger partial charge in [-0.15, -0.1) is 28.3 Å². The summed E-state index contributed by atoms with van der Waals surface area (Å²) in [5.41, 5.74) is 1.47. The van der Waals surface area contributed by atoms with Crippen molar-refractivity contribution >= 4 is 33.4 Å². The number of rotatable bonds is 3. The molecule has 0 unspecified atom stereocenters. The van der Waals surface area contributed by atoms with Crippen LogP contribution in [-0.4, -0.2) is 50.2 Å². The summed E-state index contributed by atoms with van der Waals surface area (Å²) in [4.78, 5) is 9.24. The molecule has 4 nitrogen and oxygen atoms in total. The van der Waals surface area contributed by atoms with E-state index in [1.807, 2.05) is 5.38 Å². The van der Waals surface area contributed by atoms with Gasteiger partial charge in [0, 0.05) is 37.1 Å². The largest absolute Gasteiger partial charge is 0.496 e. The molecule has 1 aliphatic heterocycles. The summed E-state index contributed by atoms with van der Waals surface area (Å²) in [6.07, 6.45) is 0. The lowest BCUT2D eigenvalue weighted by Crippen LogP contribution is -2.44. The van der Waals surface area contributed by atoms with Gasteiger partial charge in [0.2, 0.25) is 0 Å². The van der Waals surface area contributed by atoms with Crippen LogP contribution < -0.4 is 9.64 Å². The first-order valence-electron chi connectivity index (χ1n) is 6.90. The molecule has 0 aliphatic carbocycles. The smallest absolute Gasteiger partial charge is 0.185 e. The molecule has 1 aromatic heterocycles. The summed E-state index contributed by atoms with van der Waals surface area (Å²) in [6.45, 7) is 4.03. The minimum Gasteiger partial charge on any atom is -0.496 e. The zero-order valence-electron chi connectivity index (χ0n) is 12.6. The van der Waals surface area contributed by atoms with E-state index in [2.05, 4.69) is 21.8 Å². The summed E-state index contributed by atoms with van der Waals surface area (Å²) in [7, 11) is 3.71. The van der Waals surface area contributed by atoms with Gasteiger partial charge in [-0.25, -0.2) is 9.37 Å². The molecule has 3 rings (SSSR count). The number of methoxy groups -OCH3 is 1. The number of nitrogens with zero attached hydrogens (tertiary/aromatic N) is 3. The first-order chi connectivity index (χ1) is 10.2. The van der Waals surface area contributed by atoms with Gasteiger partial charge in [0.15, 0.2) is 5.13 Å². The first kappa shape index (κ1) is 17.2. The summed E-state index contributed by atoms with van der Waals surface area (Å²) in [5, 5.41) is 2.95. The highest BCUT2D eigenvalue weighted by molar-refractivity contribution is 8.93. The second-order valence-corrected chi connectivity index (χ2v) is 5.99. The van der Waals surface area contributed by atoms with Gasteiger partial charge >= 0.3 is 0 Å². The third-order valence-electron chi connectivity index (χ3n) is 3.70. The molecular weight excluding hydrogens is 369 g/mol. The molecule has 1 fully saturated rings. The summed E-state index contributed by atoms with van der Waals surface area (Å²) in [5.74, 6) is 0.367. The third kappa shape index (κ3) is 3.59. The predicted molar refractivity (Wildman–Crippen MR) is 94.1 cm³/mol. The van der Waals surface area contributed by atoms with Crippen molar-refractivity contribution in [2.75, 3.05) is 45.2 Å². The van der Waals surface area contributed by atoms with Crippen LogP contribution in [0, 0.1) is 5.82 Å². The predicted octanol–water partition coefficient (Wildman–Crippen LogP) is 3.29. The molecule has 22 heavy (non-hydrogen) atoms. The Morgan fingerprint density at radius 3 is 2.64 bits per heavy atom. The number of halogens is 2. The molecule has 7 heteroatoms. The Bertz CT molecular complexity index is 629. The second-order valence-electron chi connectivity index (χ2n) is 5.15. The highest BCUT2D eigenvalue weighted by Crippen LogP contribution is 2.34. The fraction of sp³-hybridized carbons (Fsp3) is 0.400. The number of piperazine rings is 1. The summed E-state index contributed by atoms with van der Waals surface area (Å²) >= 11 is 1.60. The fourth-order valence-corrected chi connectivity index (χ4v) is 3.29. The summed E-state index contributed by atoms with van der Waals surface area (Å²) < 4.78 is 18.8. The zero-order chi connectivity index (χ0) is 14.8. The number of hydrogen-bond acceptors (Lipinski definition) is 5. The van der Waals surface area contributed by atoms with Crippen LogP contribution in [0.4, 0.5) is 9.52 Å². The number of likely N-dealkylation sites (N-methyl/N-ethyl adjacent to an activating group) is 1. The Kier molecular flexibility index (Phi) is 5.77. The lowest BCUT2D eigenvalue weighted by Gasteiger charge is -2.32. The number of ether oxygens (including phenoxy) is 1. The van der Waals surface area contributed by atoms with Crippen molar-refractivity contribution in [3.8, 4) is 17.0 Å². The van der Waals surface area contributed by atoms with E-state index in [1.54, 1.807) is 24.5 Å². The number of anilines is 1. The van der Waals surface area contributed by atoms with Crippen LogP contribution in [0.2, 0.25) is 0 Å². The topological polar surface area (TPSA) is 28.6 Å². The van der Waals surface area contributed by atoms with E-state index in [0.717, 1.165) is 37.0 Å². The molecule has 0 amide bonds. The van der Waals surface area contributed by atoms with Gasteiger partial charge < -0.3 is 14.5 Å². The van der Waals surface area contributed by atoms with Gasteiger partial charge in [0.25, 0.3) is 0 Å². The molecule has 0 bridgehead atoms. The van der Waals surface area contributed by atoms with Gasteiger partial charge in [-0.3, -0.25) is 0 Å². The van der Waals surface area contributed by atoms with Crippen LogP contribution in [-0.2, 0) is 0 Å².